The molecular formula is C20H27ClFN3O. The molecule has 1 aromatic rings. The highest BCUT2D eigenvalue weighted by Crippen LogP contribution is 2.34. The van der Waals surface area contributed by atoms with Gasteiger partial charge in [0.1, 0.15) is 5.82 Å². The Labute approximate surface area is 159 Å². The molecule has 0 aromatic heterocycles. The lowest BCUT2D eigenvalue weighted by atomic mass is 10.0. The van der Waals surface area contributed by atoms with Gasteiger partial charge in [0.25, 0.3) is 0 Å². The molecule has 0 radical (unpaired) electrons. The maximum Gasteiger partial charge on any atom is 0.237 e. The Bertz CT molecular complexity index is 640. The van der Waals surface area contributed by atoms with Gasteiger partial charge in [0.15, 0.2) is 0 Å². The van der Waals surface area contributed by atoms with Gasteiger partial charge in [0.05, 0.1) is 12.1 Å². The van der Waals surface area contributed by atoms with Crippen LogP contribution in [0.4, 0.5) is 4.39 Å². The second kappa shape index (κ2) is 7.83. The van der Waals surface area contributed by atoms with E-state index in [1.165, 1.54) is 18.9 Å². The first-order valence-corrected chi connectivity index (χ1v) is 10.2. The summed E-state index contributed by atoms with van der Waals surface area (Å²) >= 11 is 6.33. The van der Waals surface area contributed by atoms with Crippen LogP contribution in [0.3, 0.4) is 0 Å². The summed E-state index contributed by atoms with van der Waals surface area (Å²) in [5, 5.41) is 3.56. The maximum absolute atomic E-state index is 14.5. The fourth-order valence-corrected chi connectivity index (χ4v) is 4.81. The summed E-state index contributed by atoms with van der Waals surface area (Å²) in [5.41, 5.74) is 0.516. The van der Waals surface area contributed by atoms with Gasteiger partial charge in [-0.2, -0.15) is 0 Å². The van der Waals surface area contributed by atoms with Crippen LogP contribution in [0.1, 0.15) is 50.1 Å². The van der Waals surface area contributed by atoms with Crippen LogP contribution in [-0.4, -0.2) is 54.0 Å². The number of hydrogen-bond donors (Lipinski definition) is 1. The van der Waals surface area contributed by atoms with Crippen molar-refractivity contribution in [3.05, 3.63) is 34.6 Å². The third-order valence-electron chi connectivity index (χ3n) is 6.00. The third-order valence-corrected chi connectivity index (χ3v) is 6.33. The van der Waals surface area contributed by atoms with E-state index in [-0.39, 0.29) is 23.8 Å². The van der Waals surface area contributed by atoms with Crippen LogP contribution in [0, 0.1) is 5.82 Å². The molecule has 26 heavy (non-hydrogen) atoms. The normalized spacial score (nSPS) is 25.5. The molecule has 0 bridgehead atoms. The summed E-state index contributed by atoms with van der Waals surface area (Å²) in [5.74, 6) is -0.199. The van der Waals surface area contributed by atoms with Crippen molar-refractivity contribution in [1.82, 2.24) is 15.1 Å². The number of rotatable bonds is 6. The maximum atomic E-state index is 14.5. The molecule has 2 saturated heterocycles. The molecule has 0 spiro atoms. The van der Waals surface area contributed by atoms with Crippen molar-refractivity contribution in [3.8, 4) is 0 Å². The number of hydrogen-bond acceptors (Lipinski definition) is 3. The van der Waals surface area contributed by atoms with E-state index < -0.39 is 0 Å². The van der Waals surface area contributed by atoms with Crippen LogP contribution in [0.2, 0.25) is 5.02 Å². The zero-order chi connectivity index (χ0) is 18.1. The molecule has 4 rings (SSSR count). The van der Waals surface area contributed by atoms with Crippen molar-refractivity contribution in [3.63, 3.8) is 0 Å². The molecule has 3 aliphatic rings. The van der Waals surface area contributed by atoms with Gasteiger partial charge in [0.2, 0.25) is 5.91 Å². The van der Waals surface area contributed by atoms with E-state index in [1.807, 2.05) is 0 Å². The molecule has 1 saturated carbocycles. The third kappa shape index (κ3) is 3.75. The first kappa shape index (κ1) is 18.2. The molecule has 4 nitrogen and oxygen atoms in total. The Morgan fingerprint density at radius 2 is 1.96 bits per heavy atom. The molecule has 1 aliphatic carbocycles. The minimum atomic E-state index is -0.288. The molecule has 1 amide bonds. The monoisotopic (exact) mass is 379 g/mol. The Morgan fingerprint density at radius 3 is 2.65 bits per heavy atom. The summed E-state index contributed by atoms with van der Waals surface area (Å²) in [6, 6.07) is 5.20. The van der Waals surface area contributed by atoms with E-state index in [0.717, 1.165) is 45.3 Å². The van der Waals surface area contributed by atoms with Crippen LogP contribution >= 0.6 is 11.6 Å². The van der Waals surface area contributed by atoms with Gasteiger partial charge in [-0.15, -0.1) is 0 Å². The first-order chi connectivity index (χ1) is 12.6. The molecule has 3 fully saturated rings. The number of carbonyl (C=O) groups is 1. The summed E-state index contributed by atoms with van der Waals surface area (Å²) < 4.78 is 14.5. The molecule has 2 aliphatic heterocycles. The second-order valence-electron chi connectivity index (χ2n) is 7.77. The van der Waals surface area contributed by atoms with Gasteiger partial charge >= 0.3 is 0 Å². The lowest BCUT2D eigenvalue weighted by molar-refractivity contribution is -0.125. The molecule has 2 atom stereocenters. The second-order valence-corrected chi connectivity index (χ2v) is 8.17. The number of nitrogens with zero attached hydrogens (tertiary/aromatic N) is 2. The molecule has 142 valence electrons. The Hall–Kier alpha value is -1.17. The quantitative estimate of drug-likeness (QED) is 0.823. The van der Waals surface area contributed by atoms with Crippen LogP contribution < -0.4 is 5.32 Å². The number of nitrogens with one attached hydrogen (secondary N) is 1. The molecule has 1 aromatic carbocycles. The average molecular weight is 380 g/mol. The minimum Gasteiger partial charge on any atom is -0.353 e. The summed E-state index contributed by atoms with van der Waals surface area (Å²) in [4.78, 5) is 17.4. The van der Waals surface area contributed by atoms with Crippen molar-refractivity contribution >= 4 is 17.5 Å². The minimum absolute atomic E-state index is 0.0159. The molecular weight excluding hydrogens is 353 g/mol. The largest absolute Gasteiger partial charge is 0.353 e. The number of carbonyl (C=O) groups excluding carboxylic acids is 1. The Morgan fingerprint density at radius 1 is 1.19 bits per heavy atom. The first-order valence-electron chi connectivity index (χ1n) is 9.86. The number of halogens is 2. The van der Waals surface area contributed by atoms with Gasteiger partial charge in [-0.25, -0.2) is 4.39 Å². The van der Waals surface area contributed by atoms with Crippen LogP contribution in [-0.2, 0) is 4.79 Å². The van der Waals surface area contributed by atoms with E-state index in [0.29, 0.717) is 23.2 Å². The lowest BCUT2D eigenvalue weighted by Crippen LogP contribution is -2.46. The molecule has 0 unspecified atom stereocenters. The van der Waals surface area contributed by atoms with E-state index in [9.17, 15) is 9.18 Å². The van der Waals surface area contributed by atoms with Crippen molar-refractivity contribution in [2.24, 2.45) is 0 Å². The topological polar surface area (TPSA) is 35.6 Å². The van der Waals surface area contributed by atoms with Gasteiger partial charge in [-0.3, -0.25) is 14.6 Å². The number of likely N-dealkylation sites (tertiary alicyclic amines) is 2. The predicted octanol–water partition coefficient (Wildman–Crippen LogP) is 3.36. The standard InChI is InChI=1S/C20H27ClFN3O/c21-15-5-3-6-16(22)19(15)18(24-10-1-2-11-24)13-23-20(26)17-7-4-12-25(17)14-8-9-14/h3,5-6,14,17-18H,1-2,4,7-13H2,(H,23,26)/t17-,18-/m0/s1. The smallest absolute Gasteiger partial charge is 0.237 e. The fourth-order valence-electron chi connectivity index (χ4n) is 4.52. The van der Waals surface area contributed by atoms with Crippen molar-refractivity contribution < 1.29 is 9.18 Å². The highest BCUT2D eigenvalue weighted by atomic mass is 35.5. The number of amides is 1. The SMILES string of the molecule is O=C(NC[C@@H](c1c(F)cccc1Cl)N1CCCC1)[C@@H]1CCCN1C1CC1. The Balaban J connectivity index is 1.47. The van der Waals surface area contributed by atoms with Crippen LogP contribution in [0.25, 0.3) is 0 Å². The fraction of sp³-hybridized carbons (Fsp3) is 0.650. The van der Waals surface area contributed by atoms with Crippen molar-refractivity contribution in [2.75, 3.05) is 26.2 Å². The van der Waals surface area contributed by atoms with Gasteiger partial charge in [0, 0.05) is 23.2 Å². The lowest BCUT2D eigenvalue weighted by Gasteiger charge is -2.30. The highest BCUT2D eigenvalue weighted by Gasteiger charge is 2.40. The van der Waals surface area contributed by atoms with E-state index in [4.69, 9.17) is 11.6 Å². The average Bonchev–Trinajstić information content (AvgIpc) is 3.11. The zero-order valence-electron chi connectivity index (χ0n) is 15.1. The van der Waals surface area contributed by atoms with Crippen LogP contribution in [0.15, 0.2) is 18.2 Å². The summed E-state index contributed by atoms with van der Waals surface area (Å²) in [7, 11) is 0. The predicted molar refractivity (Wildman–Crippen MR) is 101 cm³/mol. The molecule has 6 heteroatoms. The number of benzene rings is 1. The summed E-state index contributed by atoms with van der Waals surface area (Å²) in [6.45, 7) is 3.28. The highest BCUT2D eigenvalue weighted by molar-refractivity contribution is 6.31. The van der Waals surface area contributed by atoms with Gasteiger partial charge < -0.3 is 5.32 Å². The zero-order valence-corrected chi connectivity index (χ0v) is 15.8. The van der Waals surface area contributed by atoms with Crippen molar-refractivity contribution in [1.29, 1.82) is 0 Å². The summed E-state index contributed by atoms with van der Waals surface area (Å²) in [6.07, 6.45) is 6.65. The Kier molecular flexibility index (Phi) is 5.48. The van der Waals surface area contributed by atoms with Gasteiger partial charge in [-0.05, 0) is 70.3 Å². The van der Waals surface area contributed by atoms with Crippen LogP contribution in [0.5, 0.6) is 0 Å². The van der Waals surface area contributed by atoms with Crippen molar-refractivity contribution in [2.45, 2.75) is 56.7 Å². The molecule has 2 heterocycles. The van der Waals surface area contributed by atoms with E-state index in [1.54, 1.807) is 12.1 Å². The van der Waals surface area contributed by atoms with E-state index in [2.05, 4.69) is 15.1 Å². The molecule has 1 N–H and O–H groups in total. The van der Waals surface area contributed by atoms with E-state index >= 15 is 0 Å². The van der Waals surface area contributed by atoms with Gasteiger partial charge in [-0.1, -0.05) is 17.7 Å².